The van der Waals surface area contributed by atoms with Crippen molar-refractivity contribution in [2.24, 2.45) is 5.92 Å². The van der Waals surface area contributed by atoms with Crippen LogP contribution in [0.15, 0.2) is 6.07 Å². The Bertz CT molecular complexity index is 450. The predicted molar refractivity (Wildman–Crippen MR) is 71.3 cm³/mol. The number of piperidine rings is 1. The molecule has 0 amide bonds. The fourth-order valence-corrected chi connectivity index (χ4v) is 2.98. The third kappa shape index (κ3) is 2.07. The fourth-order valence-electron chi connectivity index (χ4n) is 2.98. The van der Waals surface area contributed by atoms with Gasteiger partial charge in [0.05, 0.1) is 0 Å². The standard InChI is InChI=1S/C15H21NO2/c1-10-11(2)15-14(17-9-18-15)8-13(10)7-12-3-5-16-6-4-12/h8,12,16H,3-7,9H2,1-2H3. The van der Waals surface area contributed by atoms with E-state index in [0.717, 1.165) is 30.5 Å². The van der Waals surface area contributed by atoms with Crippen LogP contribution in [0.2, 0.25) is 0 Å². The third-order valence-electron chi connectivity index (χ3n) is 4.30. The van der Waals surface area contributed by atoms with Gasteiger partial charge in [0.2, 0.25) is 6.79 Å². The van der Waals surface area contributed by atoms with Crippen molar-refractivity contribution >= 4 is 0 Å². The Balaban J connectivity index is 1.85. The second-order valence-electron chi connectivity index (χ2n) is 5.42. The molecule has 0 bridgehead atoms. The van der Waals surface area contributed by atoms with Crippen LogP contribution in [-0.2, 0) is 6.42 Å². The zero-order valence-corrected chi connectivity index (χ0v) is 11.2. The molecule has 1 fully saturated rings. The molecule has 3 heteroatoms. The van der Waals surface area contributed by atoms with Crippen LogP contribution >= 0.6 is 0 Å². The number of benzene rings is 1. The molecular weight excluding hydrogens is 226 g/mol. The van der Waals surface area contributed by atoms with Gasteiger partial charge < -0.3 is 14.8 Å². The largest absolute Gasteiger partial charge is 0.454 e. The molecule has 3 nitrogen and oxygen atoms in total. The van der Waals surface area contributed by atoms with Crippen LogP contribution in [-0.4, -0.2) is 19.9 Å². The van der Waals surface area contributed by atoms with Crippen LogP contribution in [0.4, 0.5) is 0 Å². The van der Waals surface area contributed by atoms with Crippen LogP contribution in [0.25, 0.3) is 0 Å². The topological polar surface area (TPSA) is 30.5 Å². The first kappa shape index (κ1) is 11.8. The molecule has 1 aromatic carbocycles. The minimum absolute atomic E-state index is 0.367. The summed E-state index contributed by atoms with van der Waals surface area (Å²) in [6.07, 6.45) is 3.74. The lowest BCUT2D eigenvalue weighted by Gasteiger charge is -2.23. The number of nitrogens with one attached hydrogen (secondary N) is 1. The van der Waals surface area contributed by atoms with Crippen LogP contribution in [0.1, 0.15) is 29.5 Å². The van der Waals surface area contributed by atoms with Gasteiger partial charge in [-0.25, -0.2) is 0 Å². The van der Waals surface area contributed by atoms with E-state index in [4.69, 9.17) is 9.47 Å². The van der Waals surface area contributed by atoms with Gasteiger partial charge in [-0.3, -0.25) is 0 Å². The van der Waals surface area contributed by atoms with E-state index in [0.29, 0.717) is 6.79 Å². The van der Waals surface area contributed by atoms with E-state index in [-0.39, 0.29) is 0 Å². The maximum atomic E-state index is 5.53. The van der Waals surface area contributed by atoms with E-state index in [1.54, 1.807) is 0 Å². The highest BCUT2D eigenvalue weighted by atomic mass is 16.7. The molecule has 2 heterocycles. The smallest absolute Gasteiger partial charge is 0.231 e. The summed E-state index contributed by atoms with van der Waals surface area (Å²) in [4.78, 5) is 0. The van der Waals surface area contributed by atoms with Gasteiger partial charge in [-0.15, -0.1) is 0 Å². The van der Waals surface area contributed by atoms with E-state index in [1.165, 1.54) is 36.0 Å². The Hall–Kier alpha value is -1.22. The summed E-state index contributed by atoms with van der Waals surface area (Å²) in [7, 11) is 0. The van der Waals surface area contributed by atoms with Crippen LogP contribution < -0.4 is 14.8 Å². The van der Waals surface area contributed by atoms with Crippen molar-refractivity contribution in [3.63, 3.8) is 0 Å². The van der Waals surface area contributed by atoms with Crippen LogP contribution in [0.3, 0.4) is 0 Å². The highest BCUT2D eigenvalue weighted by Gasteiger charge is 2.22. The van der Waals surface area contributed by atoms with Crippen molar-refractivity contribution in [1.29, 1.82) is 0 Å². The van der Waals surface area contributed by atoms with Gasteiger partial charge in [0, 0.05) is 0 Å². The number of fused-ring (bicyclic) bond motifs is 1. The van der Waals surface area contributed by atoms with E-state index in [1.807, 2.05) is 0 Å². The van der Waals surface area contributed by atoms with Gasteiger partial charge in [0.25, 0.3) is 0 Å². The molecule has 98 valence electrons. The molecule has 3 rings (SSSR count). The average Bonchev–Trinajstić information content (AvgIpc) is 2.85. The SMILES string of the molecule is Cc1c(CC2CCNCC2)cc2c(c1C)OCO2. The molecule has 2 aliphatic rings. The Morgan fingerprint density at radius 2 is 1.94 bits per heavy atom. The normalized spacial score (nSPS) is 19.2. The van der Waals surface area contributed by atoms with Gasteiger partial charge in [0.1, 0.15) is 0 Å². The minimum atomic E-state index is 0.367. The zero-order chi connectivity index (χ0) is 12.5. The van der Waals surface area contributed by atoms with E-state index < -0.39 is 0 Å². The first-order chi connectivity index (χ1) is 8.75. The van der Waals surface area contributed by atoms with Gasteiger partial charge in [-0.1, -0.05) is 0 Å². The van der Waals surface area contributed by atoms with E-state index in [9.17, 15) is 0 Å². The van der Waals surface area contributed by atoms with Crippen molar-refractivity contribution in [3.05, 3.63) is 22.8 Å². The van der Waals surface area contributed by atoms with E-state index in [2.05, 4.69) is 25.2 Å². The molecule has 0 spiro atoms. The number of hydrogen-bond acceptors (Lipinski definition) is 3. The molecule has 2 aliphatic heterocycles. The predicted octanol–water partition coefficient (Wildman–Crippen LogP) is 2.57. The maximum absolute atomic E-state index is 5.53. The summed E-state index contributed by atoms with van der Waals surface area (Å²) < 4.78 is 11.1. The molecule has 1 saturated heterocycles. The molecular formula is C15H21NO2. The second-order valence-corrected chi connectivity index (χ2v) is 5.42. The molecule has 18 heavy (non-hydrogen) atoms. The Labute approximate surface area is 108 Å². The lowest BCUT2D eigenvalue weighted by molar-refractivity contribution is 0.173. The second kappa shape index (κ2) is 4.81. The summed E-state index contributed by atoms with van der Waals surface area (Å²) in [6.45, 7) is 7.02. The number of hydrogen-bond donors (Lipinski definition) is 1. The minimum Gasteiger partial charge on any atom is -0.454 e. The monoisotopic (exact) mass is 247 g/mol. The summed E-state index contributed by atoms with van der Waals surface area (Å²) in [5, 5.41) is 3.42. The highest BCUT2D eigenvalue weighted by Crippen LogP contribution is 2.39. The Kier molecular flexibility index (Phi) is 3.16. The molecule has 1 aromatic rings. The Morgan fingerprint density at radius 1 is 1.17 bits per heavy atom. The lowest BCUT2D eigenvalue weighted by Crippen LogP contribution is -2.28. The van der Waals surface area contributed by atoms with Gasteiger partial charge in [-0.05, 0) is 74.9 Å². The Morgan fingerprint density at radius 3 is 2.72 bits per heavy atom. The van der Waals surface area contributed by atoms with Gasteiger partial charge in [0.15, 0.2) is 11.5 Å². The van der Waals surface area contributed by atoms with Gasteiger partial charge in [-0.2, -0.15) is 0 Å². The van der Waals surface area contributed by atoms with Crippen molar-refractivity contribution in [3.8, 4) is 11.5 Å². The highest BCUT2D eigenvalue weighted by molar-refractivity contribution is 5.54. The maximum Gasteiger partial charge on any atom is 0.231 e. The zero-order valence-electron chi connectivity index (χ0n) is 11.2. The molecule has 0 unspecified atom stereocenters. The first-order valence-electron chi connectivity index (χ1n) is 6.85. The van der Waals surface area contributed by atoms with Gasteiger partial charge >= 0.3 is 0 Å². The van der Waals surface area contributed by atoms with Crippen molar-refractivity contribution < 1.29 is 9.47 Å². The third-order valence-corrected chi connectivity index (χ3v) is 4.30. The van der Waals surface area contributed by atoms with Crippen LogP contribution in [0, 0.1) is 19.8 Å². The summed E-state index contributed by atoms with van der Waals surface area (Å²) in [5.74, 6) is 2.69. The molecule has 0 atom stereocenters. The number of ether oxygens (including phenoxy) is 2. The van der Waals surface area contributed by atoms with Crippen molar-refractivity contribution in [2.75, 3.05) is 19.9 Å². The van der Waals surface area contributed by atoms with Crippen molar-refractivity contribution in [2.45, 2.75) is 33.1 Å². The summed E-state index contributed by atoms with van der Waals surface area (Å²) >= 11 is 0. The lowest BCUT2D eigenvalue weighted by atomic mass is 9.88. The van der Waals surface area contributed by atoms with Crippen molar-refractivity contribution in [1.82, 2.24) is 5.32 Å². The molecule has 0 radical (unpaired) electrons. The average molecular weight is 247 g/mol. The molecule has 1 N–H and O–H groups in total. The fraction of sp³-hybridized carbons (Fsp3) is 0.600. The summed E-state index contributed by atoms with van der Waals surface area (Å²) in [5.41, 5.74) is 4.05. The quantitative estimate of drug-likeness (QED) is 0.871. The molecule has 0 aliphatic carbocycles. The van der Waals surface area contributed by atoms with E-state index >= 15 is 0 Å². The molecule has 0 aromatic heterocycles. The number of rotatable bonds is 2. The first-order valence-corrected chi connectivity index (χ1v) is 6.85. The molecule has 0 saturated carbocycles. The summed E-state index contributed by atoms with van der Waals surface area (Å²) in [6, 6.07) is 2.19. The van der Waals surface area contributed by atoms with Crippen LogP contribution in [0.5, 0.6) is 11.5 Å².